The third-order valence-corrected chi connectivity index (χ3v) is 7.71. The maximum atomic E-state index is 12.3. The van der Waals surface area contributed by atoms with Crippen LogP contribution in [0.4, 0.5) is 0 Å². The van der Waals surface area contributed by atoms with Crippen molar-refractivity contribution in [2.45, 2.75) is 188 Å². The van der Waals surface area contributed by atoms with Gasteiger partial charge in [0.15, 0.2) is 0 Å². The first-order valence-corrected chi connectivity index (χ1v) is 17.4. The van der Waals surface area contributed by atoms with Crippen molar-refractivity contribution in [3.63, 3.8) is 0 Å². The van der Waals surface area contributed by atoms with Crippen LogP contribution in [0.15, 0.2) is 36.0 Å². The van der Waals surface area contributed by atoms with Crippen molar-refractivity contribution < 1.29 is 9.53 Å². The fourth-order valence-electron chi connectivity index (χ4n) is 5.12. The first-order valence-electron chi connectivity index (χ1n) is 17.4. The molecule has 228 valence electrons. The summed E-state index contributed by atoms with van der Waals surface area (Å²) in [5, 5.41) is 0. The van der Waals surface area contributed by atoms with E-state index in [1.54, 1.807) is 0 Å². The number of carbonyl (C=O) groups is 1. The first-order chi connectivity index (χ1) is 19.2. The third kappa shape index (κ3) is 31.1. The Kier molecular flexibility index (Phi) is 31.8. The van der Waals surface area contributed by atoms with E-state index in [4.69, 9.17) is 4.74 Å². The lowest BCUT2D eigenvalue weighted by Gasteiger charge is -2.08. The van der Waals surface area contributed by atoms with Gasteiger partial charge in [0.25, 0.3) is 0 Å². The SMILES string of the molecule is CC=CCC=CCCCCCCCCCCCCCCCCOC(=O)C=C(CCCCCC)CCCCCC. The van der Waals surface area contributed by atoms with E-state index in [2.05, 4.69) is 45.1 Å². The number of hydrogen-bond acceptors (Lipinski definition) is 2. The molecule has 0 aliphatic carbocycles. The van der Waals surface area contributed by atoms with Crippen LogP contribution in [0.2, 0.25) is 0 Å². The van der Waals surface area contributed by atoms with Gasteiger partial charge in [0.05, 0.1) is 6.61 Å². The molecule has 2 heteroatoms. The molecule has 0 rings (SSSR count). The smallest absolute Gasteiger partial charge is 0.330 e. The molecule has 0 aliphatic rings. The molecule has 2 nitrogen and oxygen atoms in total. The Morgan fingerprint density at radius 2 is 1.00 bits per heavy atom. The maximum Gasteiger partial charge on any atom is 0.330 e. The van der Waals surface area contributed by atoms with Crippen molar-refractivity contribution in [3.8, 4) is 0 Å². The van der Waals surface area contributed by atoms with Gasteiger partial charge < -0.3 is 4.74 Å². The highest BCUT2D eigenvalue weighted by Gasteiger charge is 2.05. The summed E-state index contributed by atoms with van der Waals surface area (Å²) < 4.78 is 5.54. The molecule has 0 heterocycles. The van der Waals surface area contributed by atoms with Gasteiger partial charge in [-0.15, -0.1) is 0 Å². The zero-order valence-corrected chi connectivity index (χ0v) is 26.8. The normalized spacial score (nSPS) is 11.6. The number of esters is 1. The van der Waals surface area contributed by atoms with E-state index in [1.807, 2.05) is 6.08 Å². The van der Waals surface area contributed by atoms with Crippen LogP contribution in [-0.2, 0) is 9.53 Å². The highest BCUT2D eigenvalue weighted by atomic mass is 16.5. The van der Waals surface area contributed by atoms with Gasteiger partial charge in [-0.1, -0.05) is 159 Å². The first kappa shape index (κ1) is 37.7. The van der Waals surface area contributed by atoms with Crippen molar-refractivity contribution >= 4 is 5.97 Å². The Hall–Kier alpha value is -1.31. The van der Waals surface area contributed by atoms with Crippen LogP contribution in [0.5, 0.6) is 0 Å². The summed E-state index contributed by atoms with van der Waals surface area (Å²) in [7, 11) is 0. The largest absolute Gasteiger partial charge is 0.463 e. The molecule has 0 saturated carbocycles. The van der Waals surface area contributed by atoms with Crippen LogP contribution in [-0.4, -0.2) is 12.6 Å². The number of carbonyl (C=O) groups excluding carboxylic acids is 1. The minimum absolute atomic E-state index is 0.108. The summed E-state index contributed by atoms with van der Waals surface area (Å²) in [6.07, 6.45) is 44.1. The van der Waals surface area contributed by atoms with Gasteiger partial charge in [-0.3, -0.25) is 0 Å². The standard InChI is InChI=1S/C37H68O2/c1-4-7-10-13-14-15-16-17-18-19-20-21-22-23-24-25-26-27-28-31-34-39-37(38)35-36(32-29-11-8-5-2)33-30-12-9-6-3/h4,7,13-14,35H,5-6,8-12,15-34H2,1-3H3. The quantitative estimate of drug-likeness (QED) is 0.0389. The molecule has 0 aliphatic heterocycles. The molecular weight excluding hydrogens is 476 g/mol. The fourth-order valence-corrected chi connectivity index (χ4v) is 5.12. The third-order valence-electron chi connectivity index (χ3n) is 7.71. The van der Waals surface area contributed by atoms with E-state index in [-0.39, 0.29) is 5.97 Å². The van der Waals surface area contributed by atoms with Crippen molar-refractivity contribution in [2.75, 3.05) is 6.61 Å². The molecule has 0 spiro atoms. The van der Waals surface area contributed by atoms with Gasteiger partial charge in [0.2, 0.25) is 0 Å². The number of unbranched alkanes of at least 4 members (excludes halogenated alkanes) is 20. The zero-order chi connectivity index (χ0) is 28.5. The van der Waals surface area contributed by atoms with E-state index < -0.39 is 0 Å². The van der Waals surface area contributed by atoms with Gasteiger partial charge in [-0.2, -0.15) is 0 Å². The Bertz CT molecular complexity index is 572. The Morgan fingerprint density at radius 3 is 1.49 bits per heavy atom. The number of allylic oxidation sites excluding steroid dienone is 5. The minimum Gasteiger partial charge on any atom is -0.463 e. The topological polar surface area (TPSA) is 26.3 Å². The van der Waals surface area contributed by atoms with Crippen LogP contribution in [0.3, 0.4) is 0 Å². The zero-order valence-electron chi connectivity index (χ0n) is 26.8. The van der Waals surface area contributed by atoms with Crippen molar-refractivity contribution in [3.05, 3.63) is 36.0 Å². The van der Waals surface area contributed by atoms with Crippen LogP contribution in [0.25, 0.3) is 0 Å². The Balaban J connectivity index is 3.59. The summed E-state index contributed by atoms with van der Waals surface area (Å²) in [5.74, 6) is -0.108. The predicted octanol–water partition coefficient (Wildman–Crippen LogP) is 12.8. The van der Waals surface area contributed by atoms with Crippen molar-refractivity contribution in [1.29, 1.82) is 0 Å². The second kappa shape index (κ2) is 32.9. The molecule has 0 bridgehead atoms. The van der Waals surface area contributed by atoms with E-state index in [1.165, 1.54) is 147 Å². The molecule has 0 N–H and O–H groups in total. The number of hydrogen-bond donors (Lipinski definition) is 0. The highest BCUT2D eigenvalue weighted by molar-refractivity contribution is 5.82. The molecule has 0 aromatic carbocycles. The van der Waals surface area contributed by atoms with Crippen molar-refractivity contribution in [1.82, 2.24) is 0 Å². The van der Waals surface area contributed by atoms with Crippen LogP contribution in [0, 0.1) is 0 Å². The average molecular weight is 545 g/mol. The summed E-state index contributed by atoms with van der Waals surface area (Å²) in [4.78, 5) is 12.3. The Morgan fingerprint density at radius 1 is 0.538 bits per heavy atom. The molecule has 0 atom stereocenters. The average Bonchev–Trinajstić information content (AvgIpc) is 2.94. The van der Waals surface area contributed by atoms with Gasteiger partial charge in [-0.25, -0.2) is 4.79 Å². The molecule has 0 fully saturated rings. The molecule has 0 amide bonds. The minimum atomic E-state index is -0.108. The summed E-state index contributed by atoms with van der Waals surface area (Å²) in [5.41, 5.74) is 1.31. The number of ether oxygens (including phenoxy) is 1. The van der Waals surface area contributed by atoms with Gasteiger partial charge in [0, 0.05) is 6.08 Å². The molecule has 0 aromatic heterocycles. The lowest BCUT2D eigenvalue weighted by molar-refractivity contribution is -0.137. The summed E-state index contributed by atoms with van der Waals surface area (Å²) >= 11 is 0. The van der Waals surface area contributed by atoms with Gasteiger partial charge >= 0.3 is 5.97 Å². The molecular formula is C37H68O2. The predicted molar refractivity (Wildman–Crippen MR) is 174 cm³/mol. The van der Waals surface area contributed by atoms with Crippen LogP contribution < -0.4 is 0 Å². The molecule has 39 heavy (non-hydrogen) atoms. The second-order valence-corrected chi connectivity index (χ2v) is 11.6. The second-order valence-electron chi connectivity index (χ2n) is 11.6. The Labute approximate surface area is 245 Å². The van der Waals surface area contributed by atoms with Crippen molar-refractivity contribution in [2.24, 2.45) is 0 Å². The van der Waals surface area contributed by atoms with E-state index in [0.717, 1.165) is 25.7 Å². The molecule has 0 radical (unpaired) electrons. The summed E-state index contributed by atoms with van der Waals surface area (Å²) in [6, 6.07) is 0. The van der Waals surface area contributed by atoms with Crippen LogP contribution >= 0.6 is 0 Å². The van der Waals surface area contributed by atoms with E-state index in [9.17, 15) is 4.79 Å². The highest BCUT2D eigenvalue weighted by Crippen LogP contribution is 2.18. The fraction of sp³-hybridized carbons (Fsp3) is 0.811. The molecule has 0 aromatic rings. The summed E-state index contributed by atoms with van der Waals surface area (Å²) in [6.45, 7) is 7.16. The van der Waals surface area contributed by atoms with Gasteiger partial charge in [0.1, 0.15) is 0 Å². The molecule has 0 unspecified atom stereocenters. The molecule has 0 saturated heterocycles. The van der Waals surface area contributed by atoms with Crippen LogP contribution in [0.1, 0.15) is 188 Å². The van der Waals surface area contributed by atoms with Gasteiger partial charge in [-0.05, 0) is 58.3 Å². The maximum absolute atomic E-state index is 12.3. The lowest BCUT2D eigenvalue weighted by Crippen LogP contribution is -2.04. The number of rotatable bonds is 30. The lowest BCUT2D eigenvalue weighted by atomic mass is 10.00. The van der Waals surface area contributed by atoms with E-state index >= 15 is 0 Å². The van der Waals surface area contributed by atoms with E-state index in [0.29, 0.717) is 6.61 Å². The monoisotopic (exact) mass is 545 g/mol.